The Bertz CT molecular complexity index is 1420. The van der Waals surface area contributed by atoms with Gasteiger partial charge in [0.2, 0.25) is 0 Å². The van der Waals surface area contributed by atoms with Gasteiger partial charge in [0.15, 0.2) is 17.5 Å². The number of methoxy groups -OCH3 is 1. The molecule has 5 rings (SSSR count). The number of nitrogens with zero attached hydrogens (tertiary/aromatic N) is 3. The van der Waals surface area contributed by atoms with E-state index in [1.807, 2.05) is 45.0 Å². The van der Waals surface area contributed by atoms with Crippen LogP contribution in [0.3, 0.4) is 0 Å². The highest BCUT2D eigenvalue weighted by Gasteiger charge is 2.52. The summed E-state index contributed by atoms with van der Waals surface area (Å²) >= 11 is 1.32. The molecule has 0 bridgehead atoms. The van der Waals surface area contributed by atoms with Crippen molar-refractivity contribution in [2.45, 2.75) is 79.9 Å². The van der Waals surface area contributed by atoms with Crippen LogP contribution < -0.4 is 0 Å². The maximum absolute atomic E-state index is 13.9. The number of hydrogen-bond acceptors (Lipinski definition) is 9. The van der Waals surface area contributed by atoms with Crippen molar-refractivity contribution in [1.29, 1.82) is 0 Å². The molecular weight excluding hydrogens is 587 g/mol. The number of aromatic nitrogens is 3. The van der Waals surface area contributed by atoms with Crippen LogP contribution in [0.15, 0.2) is 42.6 Å². The molecule has 3 N–H and O–H groups in total. The fraction of sp³-hybridized carbons (Fsp3) is 0.533. The van der Waals surface area contributed by atoms with E-state index < -0.39 is 70.3 Å². The maximum Gasteiger partial charge on any atom is 0.194 e. The lowest BCUT2D eigenvalue weighted by molar-refractivity contribution is -0.187. The topological polar surface area (TPSA) is 119 Å². The van der Waals surface area contributed by atoms with Crippen LogP contribution in [-0.4, -0.2) is 85.6 Å². The molecule has 1 unspecified atom stereocenters. The summed E-state index contributed by atoms with van der Waals surface area (Å²) in [6.45, 7) is 5.66. The first-order valence-electron chi connectivity index (χ1n) is 14.0. The summed E-state index contributed by atoms with van der Waals surface area (Å²) in [5, 5.41) is 41.2. The molecule has 0 radical (unpaired) electrons. The number of aliphatic hydroxyl groups excluding tert-OH is 2. The zero-order chi connectivity index (χ0) is 31.1. The average molecular weight is 624 g/mol. The second kappa shape index (κ2) is 12.5. The highest BCUT2D eigenvalue weighted by molar-refractivity contribution is 8.00. The minimum atomic E-state index is -1.60. The number of halogens is 3. The van der Waals surface area contributed by atoms with Gasteiger partial charge in [-0.1, -0.05) is 29.5 Å². The highest BCUT2D eigenvalue weighted by atomic mass is 32.2. The summed E-state index contributed by atoms with van der Waals surface area (Å²) in [5.74, 6) is -4.35. The number of aliphatic hydroxyl groups is 3. The van der Waals surface area contributed by atoms with E-state index >= 15 is 0 Å². The number of thioether (sulfide) groups is 1. The quantitative estimate of drug-likeness (QED) is 0.319. The molecular formula is C30H36F3N3O6S. The SMILES string of the molecule is CO[C@@H]1[C@@H](n2cc(-c3cc(F)c(F)c(F)c3)nn2)[C@@H](O)[C@@H](CO)O[C@H]1SC(c1ccccc1C)[C@]1(O)CCOC(C)(C)C1. The third-order valence-electron chi connectivity index (χ3n) is 8.18. The molecule has 2 aliphatic rings. The first kappa shape index (κ1) is 31.9. The molecule has 2 aliphatic heterocycles. The Morgan fingerprint density at radius 3 is 2.51 bits per heavy atom. The predicted molar refractivity (Wildman–Crippen MR) is 153 cm³/mol. The molecule has 2 fully saturated rings. The molecule has 234 valence electrons. The summed E-state index contributed by atoms with van der Waals surface area (Å²) < 4.78 is 60.7. The van der Waals surface area contributed by atoms with Crippen molar-refractivity contribution >= 4 is 11.8 Å². The van der Waals surface area contributed by atoms with E-state index in [2.05, 4.69) is 10.3 Å². The van der Waals surface area contributed by atoms with Crippen LogP contribution in [0, 0.1) is 24.4 Å². The maximum atomic E-state index is 13.9. The van der Waals surface area contributed by atoms with Gasteiger partial charge in [-0.25, -0.2) is 17.9 Å². The van der Waals surface area contributed by atoms with Gasteiger partial charge in [-0.2, -0.15) is 0 Å². The molecule has 7 atom stereocenters. The summed E-state index contributed by atoms with van der Waals surface area (Å²) in [5.41, 5.74) is -0.735. The van der Waals surface area contributed by atoms with E-state index in [1.165, 1.54) is 29.8 Å². The average Bonchev–Trinajstić information content (AvgIpc) is 3.44. The van der Waals surface area contributed by atoms with Gasteiger partial charge in [0, 0.05) is 25.5 Å². The van der Waals surface area contributed by atoms with E-state index in [0.717, 1.165) is 23.3 Å². The van der Waals surface area contributed by atoms with Crippen molar-refractivity contribution in [2.75, 3.05) is 20.3 Å². The van der Waals surface area contributed by atoms with Crippen LogP contribution in [0.4, 0.5) is 13.2 Å². The predicted octanol–water partition coefficient (Wildman–Crippen LogP) is 4.10. The zero-order valence-corrected chi connectivity index (χ0v) is 25.1. The molecule has 0 amide bonds. The smallest absolute Gasteiger partial charge is 0.194 e. The zero-order valence-electron chi connectivity index (χ0n) is 24.3. The fourth-order valence-electron chi connectivity index (χ4n) is 6.09. The lowest BCUT2D eigenvalue weighted by Crippen LogP contribution is -2.56. The summed E-state index contributed by atoms with van der Waals surface area (Å²) in [6.07, 6.45) is -1.16. The van der Waals surface area contributed by atoms with Gasteiger partial charge in [0.1, 0.15) is 35.5 Å². The fourth-order valence-corrected chi connectivity index (χ4v) is 7.86. The third kappa shape index (κ3) is 6.35. The molecule has 9 nitrogen and oxygen atoms in total. The van der Waals surface area contributed by atoms with Gasteiger partial charge >= 0.3 is 0 Å². The first-order chi connectivity index (χ1) is 20.4. The molecule has 13 heteroatoms. The minimum Gasteiger partial charge on any atom is -0.394 e. The van der Waals surface area contributed by atoms with Crippen LogP contribution in [0.1, 0.15) is 49.1 Å². The van der Waals surface area contributed by atoms with Crippen molar-refractivity contribution in [2.24, 2.45) is 0 Å². The van der Waals surface area contributed by atoms with Gasteiger partial charge in [-0.3, -0.25) is 0 Å². The monoisotopic (exact) mass is 623 g/mol. The van der Waals surface area contributed by atoms with Crippen molar-refractivity contribution < 1.29 is 42.7 Å². The lowest BCUT2D eigenvalue weighted by atomic mass is 9.79. The molecule has 2 aromatic carbocycles. The number of aryl methyl sites for hydroxylation is 1. The van der Waals surface area contributed by atoms with Crippen LogP contribution in [-0.2, 0) is 14.2 Å². The largest absolute Gasteiger partial charge is 0.394 e. The van der Waals surface area contributed by atoms with E-state index in [-0.39, 0.29) is 11.3 Å². The number of benzene rings is 2. The Hall–Kier alpha value is -2.52. The highest BCUT2D eigenvalue weighted by Crippen LogP contribution is 2.52. The molecule has 2 saturated heterocycles. The van der Waals surface area contributed by atoms with Crippen LogP contribution in [0.25, 0.3) is 11.3 Å². The third-order valence-corrected chi connectivity index (χ3v) is 9.79. The minimum absolute atomic E-state index is 0.0348. The van der Waals surface area contributed by atoms with Gasteiger partial charge in [0.25, 0.3) is 0 Å². The van der Waals surface area contributed by atoms with Gasteiger partial charge in [-0.05, 0) is 44.0 Å². The van der Waals surface area contributed by atoms with E-state index in [0.29, 0.717) is 19.4 Å². The molecule has 3 heterocycles. The van der Waals surface area contributed by atoms with Crippen molar-refractivity contribution in [1.82, 2.24) is 15.0 Å². The lowest BCUT2D eigenvalue weighted by Gasteiger charge is -2.49. The van der Waals surface area contributed by atoms with Gasteiger partial charge in [-0.15, -0.1) is 16.9 Å². The molecule has 0 saturated carbocycles. The summed E-state index contributed by atoms with van der Waals surface area (Å²) in [4.78, 5) is 0. The van der Waals surface area contributed by atoms with E-state index in [4.69, 9.17) is 14.2 Å². The summed E-state index contributed by atoms with van der Waals surface area (Å²) in [7, 11) is 1.44. The second-order valence-corrected chi connectivity index (χ2v) is 13.0. The molecule has 1 aromatic heterocycles. The van der Waals surface area contributed by atoms with Crippen LogP contribution in [0.2, 0.25) is 0 Å². The second-order valence-electron chi connectivity index (χ2n) is 11.8. The number of rotatable bonds is 8. The Kier molecular flexibility index (Phi) is 9.25. The van der Waals surface area contributed by atoms with Crippen LogP contribution >= 0.6 is 11.8 Å². The Morgan fingerprint density at radius 2 is 1.88 bits per heavy atom. The number of hydrogen-bond donors (Lipinski definition) is 3. The van der Waals surface area contributed by atoms with E-state index in [1.54, 1.807) is 0 Å². The van der Waals surface area contributed by atoms with Gasteiger partial charge in [0.05, 0.1) is 35.9 Å². The van der Waals surface area contributed by atoms with Crippen molar-refractivity contribution in [3.8, 4) is 11.3 Å². The van der Waals surface area contributed by atoms with Crippen molar-refractivity contribution in [3.63, 3.8) is 0 Å². The molecule has 0 spiro atoms. The standard InChI is InChI=1S/C30H36F3N3O6S/c1-16-7-5-6-8-18(16)27(30(39)9-10-41-29(2,3)15-30)43-28-26(40-4)24(25(38)22(14-37)42-28)36-13-21(34-35-36)17-11-19(31)23(33)20(32)12-17/h5-8,11-13,22,24-28,37-39H,9-10,14-15H2,1-4H3/t22-,24+,25+,26-,27?,28+,30+/m1/s1. The molecule has 43 heavy (non-hydrogen) atoms. The molecule has 0 aliphatic carbocycles. The van der Waals surface area contributed by atoms with Gasteiger partial charge < -0.3 is 29.5 Å². The van der Waals surface area contributed by atoms with E-state index in [9.17, 15) is 28.5 Å². The molecule has 3 aromatic rings. The number of ether oxygens (including phenoxy) is 3. The Labute approximate surface area is 252 Å². The normalized spacial score (nSPS) is 29.9. The Balaban J connectivity index is 1.52. The van der Waals surface area contributed by atoms with Crippen molar-refractivity contribution in [3.05, 3.63) is 71.2 Å². The first-order valence-corrected chi connectivity index (χ1v) is 14.9. The Morgan fingerprint density at radius 1 is 1.19 bits per heavy atom. The summed E-state index contributed by atoms with van der Waals surface area (Å²) in [6, 6.07) is 8.40. The van der Waals surface area contributed by atoms with Crippen LogP contribution in [0.5, 0.6) is 0 Å².